The van der Waals surface area contributed by atoms with E-state index in [1.165, 1.54) is 6.07 Å². The average molecular weight is 348 g/mol. The third-order valence-corrected chi connectivity index (χ3v) is 6.70. The number of rotatable bonds is 4. The minimum Gasteiger partial charge on any atom is -0.399 e. The SMILES string of the molecule is CC1(C)OB(c2cc(C#N)cc(NS(=O)(=O)C3CC3)c2)OC1(C)C. The Kier molecular flexibility index (Phi) is 3.94. The first kappa shape index (κ1) is 17.3. The lowest BCUT2D eigenvalue weighted by atomic mass is 9.78. The maximum absolute atomic E-state index is 12.1. The Morgan fingerprint density at radius 2 is 1.75 bits per heavy atom. The Morgan fingerprint density at radius 3 is 2.25 bits per heavy atom. The topological polar surface area (TPSA) is 88.4 Å². The lowest BCUT2D eigenvalue weighted by Crippen LogP contribution is -2.41. The highest BCUT2D eigenvalue weighted by molar-refractivity contribution is 7.93. The molecule has 1 aromatic rings. The van der Waals surface area contributed by atoms with Crippen molar-refractivity contribution in [1.29, 1.82) is 5.26 Å². The van der Waals surface area contributed by atoms with Gasteiger partial charge in [0.05, 0.1) is 28.1 Å². The van der Waals surface area contributed by atoms with Crippen LogP contribution in [0.3, 0.4) is 0 Å². The van der Waals surface area contributed by atoms with Crippen molar-refractivity contribution in [1.82, 2.24) is 0 Å². The van der Waals surface area contributed by atoms with Crippen molar-refractivity contribution in [3.05, 3.63) is 23.8 Å². The van der Waals surface area contributed by atoms with Crippen molar-refractivity contribution < 1.29 is 17.7 Å². The minimum absolute atomic E-state index is 0.330. The summed E-state index contributed by atoms with van der Waals surface area (Å²) in [7, 11) is -4.04. The maximum atomic E-state index is 12.1. The number of hydrogen-bond donors (Lipinski definition) is 1. The van der Waals surface area contributed by atoms with Gasteiger partial charge in [-0.15, -0.1) is 0 Å². The summed E-state index contributed by atoms with van der Waals surface area (Å²) in [5, 5.41) is 8.92. The third kappa shape index (κ3) is 3.16. The van der Waals surface area contributed by atoms with Gasteiger partial charge in [0.2, 0.25) is 10.0 Å². The van der Waals surface area contributed by atoms with Gasteiger partial charge in [0.25, 0.3) is 0 Å². The summed E-state index contributed by atoms with van der Waals surface area (Å²) < 4.78 is 38.8. The van der Waals surface area contributed by atoms with Crippen LogP contribution in [0, 0.1) is 11.3 Å². The van der Waals surface area contributed by atoms with Gasteiger partial charge in [-0.1, -0.05) is 0 Å². The zero-order chi connectivity index (χ0) is 17.8. The van der Waals surface area contributed by atoms with Gasteiger partial charge < -0.3 is 9.31 Å². The molecule has 6 nitrogen and oxygen atoms in total. The summed E-state index contributed by atoms with van der Waals surface area (Å²) >= 11 is 0. The molecule has 24 heavy (non-hydrogen) atoms. The highest BCUT2D eigenvalue weighted by atomic mass is 32.2. The molecule has 0 atom stereocenters. The molecule has 1 saturated carbocycles. The second-order valence-corrected chi connectivity index (χ2v) is 9.35. The van der Waals surface area contributed by atoms with Crippen LogP contribution in [0.5, 0.6) is 0 Å². The fourth-order valence-electron chi connectivity index (χ4n) is 2.52. The number of nitrogens with one attached hydrogen (secondary N) is 1. The van der Waals surface area contributed by atoms with Crippen LogP contribution < -0.4 is 10.2 Å². The molecule has 0 unspecified atom stereocenters. The molecule has 8 heteroatoms. The van der Waals surface area contributed by atoms with E-state index in [4.69, 9.17) is 9.31 Å². The fourth-order valence-corrected chi connectivity index (χ4v) is 3.89. The quantitative estimate of drug-likeness (QED) is 0.838. The fraction of sp³-hybridized carbons (Fsp3) is 0.562. The molecule has 1 aliphatic carbocycles. The molecule has 1 aliphatic heterocycles. The number of nitrogens with zero attached hydrogens (tertiary/aromatic N) is 1. The van der Waals surface area contributed by atoms with Gasteiger partial charge in [0.15, 0.2) is 0 Å². The van der Waals surface area contributed by atoms with Crippen molar-refractivity contribution in [3.63, 3.8) is 0 Å². The first-order valence-electron chi connectivity index (χ1n) is 7.96. The minimum atomic E-state index is -3.39. The standard InChI is InChI=1S/C16H21BN2O4S/c1-15(2)16(3,4)23-17(22-15)12-7-11(10-18)8-13(9-12)19-24(20,21)14-5-6-14/h7-9,14,19H,5-6H2,1-4H3. The van der Waals surface area contributed by atoms with Gasteiger partial charge in [0.1, 0.15) is 0 Å². The lowest BCUT2D eigenvalue weighted by molar-refractivity contribution is 0.00578. The van der Waals surface area contributed by atoms with Gasteiger partial charge in [-0.2, -0.15) is 5.26 Å². The molecule has 1 aromatic carbocycles. The summed E-state index contributed by atoms with van der Waals surface area (Å²) in [4.78, 5) is 0. The molecular weight excluding hydrogens is 327 g/mol. The van der Waals surface area contributed by atoms with E-state index in [9.17, 15) is 13.7 Å². The molecule has 128 valence electrons. The van der Waals surface area contributed by atoms with E-state index >= 15 is 0 Å². The van der Waals surface area contributed by atoms with E-state index in [0.29, 0.717) is 29.6 Å². The number of nitriles is 1. The van der Waals surface area contributed by atoms with Crippen LogP contribution in [-0.4, -0.2) is 32.0 Å². The number of sulfonamides is 1. The zero-order valence-corrected chi connectivity index (χ0v) is 15.1. The summed E-state index contributed by atoms with van der Waals surface area (Å²) in [5.41, 5.74) is 0.338. The Hall–Kier alpha value is -1.56. The Labute approximate surface area is 143 Å². The summed E-state index contributed by atoms with van der Waals surface area (Å²) in [6.45, 7) is 7.77. The predicted octanol–water partition coefficient (Wildman–Crippen LogP) is 1.76. The summed E-state index contributed by atoms with van der Waals surface area (Å²) in [5.74, 6) is 0. The van der Waals surface area contributed by atoms with Gasteiger partial charge in [-0.25, -0.2) is 8.42 Å². The van der Waals surface area contributed by atoms with Crippen LogP contribution in [0.1, 0.15) is 46.1 Å². The van der Waals surface area contributed by atoms with Crippen LogP contribution in [0.15, 0.2) is 18.2 Å². The first-order valence-corrected chi connectivity index (χ1v) is 9.51. The number of hydrogen-bond acceptors (Lipinski definition) is 5. The molecule has 0 bridgehead atoms. The largest absolute Gasteiger partial charge is 0.494 e. The zero-order valence-electron chi connectivity index (χ0n) is 14.3. The van der Waals surface area contributed by atoms with Gasteiger partial charge in [0, 0.05) is 5.69 Å². The van der Waals surface area contributed by atoms with Crippen molar-refractivity contribution >= 4 is 28.3 Å². The smallest absolute Gasteiger partial charge is 0.399 e. The van der Waals surface area contributed by atoms with Crippen LogP contribution >= 0.6 is 0 Å². The van der Waals surface area contributed by atoms with Crippen LogP contribution in [0.25, 0.3) is 0 Å². The van der Waals surface area contributed by atoms with E-state index in [-0.39, 0.29) is 5.25 Å². The molecule has 0 amide bonds. The second kappa shape index (κ2) is 5.48. The first-order chi connectivity index (χ1) is 11.0. The average Bonchev–Trinajstić information content (AvgIpc) is 3.27. The summed E-state index contributed by atoms with van der Waals surface area (Å²) in [6, 6.07) is 6.91. The molecular formula is C16H21BN2O4S. The van der Waals surface area contributed by atoms with E-state index < -0.39 is 28.3 Å². The highest BCUT2D eigenvalue weighted by Crippen LogP contribution is 2.37. The van der Waals surface area contributed by atoms with Crippen LogP contribution in [-0.2, 0) is 19.3 Å². The van der Waals surface area contributed by atoms with Crippen molar-refractivity contribution in [2.75, 3.05) is 4.72 Å². The van der Waals surface area contributed by atoms with Gasteiger partial charge in [-0.05, 0) is 64.2 Å². The molecule has 1 saturated heterocycles. The van der Waals surface area contributed by atoms with Crippen molar-refractivity contribution in [3.8, 4) is 6.07 Å². The van der Waals surface area contributed by atoms with E-state index in [2.05, 4.69) is 10.8 Å². The van der Waals surface area contributed by atoms with E-state index in [1.54, 1.807) is 12.1 Å². The van der Waals surface area contributed by atoms with Crippen molar-refractivity contribution in [2.45, 2.75) is 57.0 Å². The molecule has 0 aromatic heterocycles. The monoisotopic (exact) mass is 348 g/mol. The molecule has 3 rings (SSSR count). The lowest BCUT2D eigenvalue weighted by Gasteiger charge is -2.32. The predicted molar refractivity (Wildman–Crippen MR) is 92.4 cm³/mol. The Balaban J connectivity index is 1.92. The van der Waals surface area contributed by atoms with E-state index in [0.717, 1.165) is 0 Å². The van der Waals surface area contributed by atoms with Gasteiger partial charge >= 0.3 is 7.12 Å². The molecule has 2 aliphatic rings. The molecule has 0 spiro atoms. The third-order valence-electron chi connectivity index (χ3n) is 4.83. The number of benzene rings is 1. The molecule has 1 N–H and O–H groups in total. The van der Waals surface area contributed by atoms with E-state index in [1.807, 2.05) is 27.7 Å². The highest BCUT2D eigenvalue weighted by Gasteiger charge is 2.51. The second-order valence-electron chi connectivity index (χ2n) is 7.39. The number of anilines is 1. The van der Waals surface area contributed by atoms with Gasteiger partial charge in [-0.3, -0.25) is 4.72 Å². The maximum Gasteiger partial charge on any atom is 0.494 e. The van der Waals surface area contributed by atoms with Crippen LogP contribution in [0.4, 0.5) is 5.69 Å². The van der Waals surface area contributed by atoms with Crippen molar-refractivity contribution in [2.24, 2.45) is 0 Å². The van der Waals surface area contributed by atoms with Crippen LogP contribution in [0.2, 0.25) is 0 Å². The Bertz CT molecular complexity index is 794. The molecule has 1 heterocycles. The molecule has 0 radical (unpaired) electrons. The normalized spacial score (nSPS) is 22.2. The Morgan fingerprint density at radius 1 is 1.17 bits per heavy atom. The molecule has 2 fully saturated rings. The summed E-state index contributed by atoms with van der Waals surface area (Å²) in [6.07, 6.45) is 1.36.